The minimum Gasteiger partial charge on any atom is -0.350 e. The van der Waals surface area contributed by atoms with E-state index in [1.54, 1.807) is 18.2 Å². The maximum atomic E-state index is 13.7. The van der Waals surface area contributed by atoms with Crippen LogP contribution in [0.3, 0.4) is 0 Å². The third-order valence-electron chi connectivity index (χ3n) is 3.70. The fraction of sp³-hybridized carbons (Fsp3) is 0.105. The van der Waals surface area contributed by atoms with E-state index in [1.807, 2.05) is 59.4 Å². The second-order valence-electron chi connectivity index (χ2n) is 5.25. The topological polar surface area (TPSA) is 34.0 Å². The van der Waals surface area contributed by atoms with Gasteiger partial charge in [-0.25, -0.2) is 4.39 Å². The number of rotatable bonds is 5. The predicted molar refractivity (Wildman–Crippen MR) is 87.3 cm³/mol. The first-order chi connectivity index (χ1) is 11.3. The fourth-order valence-electron chi connectivity index (χ4n) is 2.53. The molecule has 4 heteroatoms. The molecular weight excluding hydrogens is 291 g/mol. The van der Waals surface area contributed by atoms with Gasteiger partial charge in [-0.1, -0.05) is 48.5 Å². The van der Waals surface area contributed by atoms with Gasteiger partial charge in [0.15, 0.2) is 0 Å². The van der Waals surface area contributed by atoms with Gasteiger partial charge in [-0.2, -0.15) is 0 Å². The zero-order valence-electron chi connectivity index (χ0n) is 12.5. The molecule has 0 radical (unpaired) electrons. The van der Waals surface area contributed by atoms with E-state index in [0.717, 1.165) is 5.56 Å². The van der Waals surface area contributed by atoms with Crippen molar-refractivity contribution in [2.75, 3.05) is 0 Å². The Morgan fingerprint density at radius 3 is 2.30 bits per heavy atom. The first-order valence-corrected chi connectivity index (χ1v) is 7.44. The van der Waals surface area contributed by atoms with Crippen LogP contribution in [0.2, 0.25) is 0 Å². The molecular formula is C19H17FN2O. The van der Waals surface area contributed by atoms with Crippen molar-refractivity contribution in [2.24, 2.45) is 0 Å². The molecule has 0 spiro atoms. The molecule has 0 saturated heterocycles. The van der Waals surface area contributed by atoms with E-state index >= 15 is 0 Å². The highest BCUT2D eigenvalue weighted by atomic mass is 19.1. The van der Waals surface area contributed by atoms with Crippen molar-refractivity contribution in [3.05, 3.63) is 96.1 Å². The van der Waals surface area contributed by atoms with Crippen LogP contribution in [0.4, 0.5) is 4.39 Å². The van der Waals surface area contributed by atoms with Crippen LogP contribution in [-0.4, -0.2) is 10.5 Å². The molecule has 0 aliphatic carbocycles. The summed E-state index contributed by atoms with van der Waals surface area (Å²) in [5.74, 6) is -0.485. The smallest absolute Gasteiger partial charge is 0.247 e. The number of carbonyl (C=O) groups is 1. The van der Waals surface area contributed by atoms with Crippen molar-refractivity contribution in [1.82, 2.24) is 9.88 Å². The fourth-order valence-corrected chi connectivity index (χ4v) is 2.53. The normalized spacial score (nSPS) is 11.9. The van der Waals surface area contributed by atoms with Gasteiger partial charge in [0.05, 0.1) is 0 Å². The Morgan fingerprint density at radius 1 is 0.957 bits per heavy atom. The Bertz CT molecular complexity index is 769. The van der Waals surface area contributed by atoms with Crippen LogP contribution in [0, 0.1) is 5.82 Å². The molecule has 1 aromatic heterocycles. The molecule has 1 amide bonds. The Labute approximate surface area is 134 Å². The molecule has 0 saturated carbocycles. The van der Waals surface area contributed by atoms with E-state index in [0.29, 0.717) is 5.56 Å². The summed E-state index contributed by atoms with van der Waals surface area (Å²) >= 11 is 0. The molecule has 2 aromatic carbocycles. The summed E-state index contributed by atoms with van der Waals surface area (Å²) < 4.78 is 15.5. The summed E-state index contributed by atoms with van der Waals surface area (Å²) in [5, 5.41) is 2.83. The van der Waals surface area contributed by atoms with Gasteiger partial charge in [0.1, 0.15) is 11.9 Å². The van der Waals surface area contributed by atoms with Crippen molar-refractivity contribution in [3.8, 4) is 0 Å². The first kappa shape index (κ1) is 15.0. The quantitative estimate of drug-likeness (QED) is 0.768. The summed E-state index contributed by atoms with van der Waals surface area (Å²) in [6, 6.07) is 19.3. The van der Waals surface area contributed by atoms with Crippen molar-refractivity contribution in [2.45, 2.75) is 12.6 Å². The zero-order chi connectivity index (χ0) is 16.1. The number of aromatic nitrogens is 1. The molecule has 1 heterocycles. The molecule has 0 fully saturated rings. The summed E-state index contributed by atoms with van der Waals surface area (Å²) in [5.41, 5.74) is 1.36. The average molecular weight is 308 g/mol. The Kier molecular flexibility index (Phi) is 4.52. The minimum absolute atomic E-state index is 0.163. The molecule has 0 bridgehead atoms. The maximum Gasteiger partial charge on any atom is 0.247 e. The lowest BCUT2D eigenvalue weighted by Gasteiger charge is -2.19. The van der Waals surface area contributed by atoms with Gasteiger partial charge in [0, 0.05) is 24.5 Å². The number of halogens is 1. The van der Waals surface area contributed by atoms with Crippen molar-refractivity contribution >= 4 is 5.91 Å². The van der Waals surface area contributed by atoms with E-state index in [9.17, 15) is 9.18 Å². The van der Waals surface area contributed by atoms with E-state index in [4.69, 9.17) is 0 Å². The lowest BCUT2D eigenvalue weighted by atomic mass is 10.1. The van der Waals surface area contributed by atoms with Gasteiger partial charge in [-0.15, -0.1) is 0 Å². The second-order valence-corrected chi connectivity index (χ2v) is 5.25. The van der Waals surface area contributed by atoms with Crippen molar-refractivity contribution in [1.29, 1.82) is 0 Å². The molecule has 116 valence electrons. The minimum atomic E-state index is -0.474. The van der Waals surface area contributed by atoms with Crippen LogP contribution in [0.25, 0.3) is 0 Å². The number of amides is 1. The van der Waals surface area contributed by atoms with Gasteiger partial charge in [0.25, 0.3) is 0 Å². The molecule has 0 unspecified atom stereocenters. The van der Waals surface area contributed by atoms with Gasteiger partial charge in [-0.3, -0.25) is 4.79 Å². The van der Waals surface area contributed by atoms with Gasteiger partial charge in [-0.05, 0) is 23.8 Å². The number of carbonyl (C=O) groups excluding carboxylic acids is 1. The molecule has 1 N–H and O–H groups in total. The van der Waals surface area contributed by atoms with E-state index in [1.165, 1.54) is 6.07 Å². The monoisotopic (exact) mass is 308 g/mol. The summed E-state index contributed by atoms with van der Waals surface area (Å²) in [6.07, 6.45) is 3.70. The maximum absolute atomic E-state index is 13.7. The molecule has 3 aromatic rings. The second kappa shape index (κ2) is 6.92. The summed E-state index contributed by atoms with van der Waals surface area (Å²) in [4.78, 5) is 12.7. The number of hydrogen-bond acceptors (Lipinski definition) is 1. The SMILES string of the molecule is O=C(NCc1ccccc1F)[C@@H](c1ccccc1)n1cccc1. The lowest BCUT2D eigenvalue weighted by molar-refractivity contribution is -0.123. The first-order valence-electron chi connectivity index (χ1n) is 7.44. The van der Waals surface area contributed by atoms with E-state index in [-0.39, 0.29) is 18.3 Å². The summed E-state index contributed by atoms with van der Waals surface area (Å²) in [6.45, 7) is 0.163. The third kappa shape index (κ3) is 3.48. The molecule has 1 atom stereocenters. The zero-order valence-corrected chi connectivity index (χ0v) is 12.5. The molecule has 3 nitrogen and oxygen atoms in total. The van der Waals surface area contributed by atoms with Crippen LogP contribution >= 0.6 is 0 Å². The standard InChI is InChI=1S/C19H17FN2O/c20-17-11-5-4-10-16(17)14-21-19(23)18(22-12-6-7-13-22)15-8-2-1-3-9-15/h1-13,18H,14H2,(H,21,23)/t18-/m1/s1. The summed E-state index contributed by atoms with van der Waals surface area (Å²) in [7, 11) is 0. The Balaban J connectivity index is 1.80. The van der Waals surface area contributed by atoms with E-state index < -0.39 is 6.04 Å². The Hall–Kier alpha value is -2.88. The highest BCUT2D eigenvalue weighted by Crippen LogP contribution is 2.19. The van der Waals surface area contributed by atoms with Crippen molar-refractivity contribution < 1.29 is 9.18 Å². The van der Waals surface area contributed by atoms with Gasteiger partial charge >= 0.3 is 0 Å². The van der Waals surface area contributed by atoms with Crippen LogP contribution in [0.5, 0.6) is 0 Å². The van der Waals surface area contributed by atoms with Gasteiger partial charge in [0.2, 0.25) is 5.91 Å². The van der Waals surface area contributed by atoms with Crippen LogP contribution in [-0.2, 0) is 11.3 Å². The Morgan fingerprint density at radius 2 is 1.61 bits per heavy atom. The third-order valence-corrected chi connectivity index (χ3v) is 3.70. The van der Waals surface area contributed by atoms with Gasteiger partial charge < -0.3 is 9.88 Å². The predicted octanol–water partition coefficient (Wildman–Crippen LogP) is 3.53. The van der Waals surface area contributed by atoms with Crippen LogP contribution in [0.15, 0.2) is 79.1 Å². The number of benzene rings is 2. The number of nitrogens with zero attached hydrogens (tertiary/aromatic N) is 1. The molecule has 3 rings (SSSR count). The highest BCUT2D eigenvalue weighted by Gasteiger charge is 2.21. The average Bonchev–Trinajstić information content (AvgIpc) is 3.09. The number of nitrogens with one attached hydrogen (secondary N) is 1. The largest absolute Gasteiger partial charge is 0.350 e. The van der Waals surface area contributed by atoms with E-state index in [2.05, 4.69) is 5.32 Å². The van der Waals surface area contributed by atoms with Crippen molar-refractivity contribution in [3.63, 3.8) is 0 Å². The van der Waals surface area contributed by atoms with Crippen LogP contribution in [0.1, 0.15) is 17.2 Å². The lowest BCUT2D eigenvalue weighted by Crippen LogP contribution is -2.32. The molecule has 23 heavy (non-hydrogen) atoms. The van der Waals surface area contributed by atoms with Crippen LogP contribution < -0.4 is 5.32 Å². The molecule has 0 aliphatic heterocycles. The number of hydrogen-bond donors (Lipinski definition) is 1. The highest BCUT2D eigenvalue weighted by molar-refractivity contribution is 5.83. The molecule has 0 aliphatic rings.